The summed E-state index contributed by atoms with van der Waals surface area (Å²) in [4.78, 5) is 27.2. The Balaban J connectivity index is 1.37. The lowest BCUT2D eigenvalue weighted by Gasteiger charge is -2.37. The number of halogens is 4. The van der Waals surface area contributed by atoms with Crippen LogP contribution in [0.1, 0.15) is 42.4 Å². The van der Waals surface area contributed by atoms with Crippen molar-refractivity contribution in [2.24, 2.45) is 5.92 Å². The van der Waals surface area contributed by atoms with E-state index in [1.165, 1.54) is 6.07 Å². The molecular formula is C24H23F4NO3. The topological polar surface area (TPSA) is 46.6 Å². The zero-order chi connectivity index (χ0) is 22.9. The van der Waals surface area contributed by atoms with Crippen molar-refractivity contribution in [3.63, 3.8) is 0 Å². The molecule has 4 rings (SSSR count). The second-order valence-corrected chi connectivity index (χ2v) is 8.46. The standard InChI is InChI=1S/C24H23F4NO3/c25-21-9-6-16(10-20(21)24(26,27)28)11-22(30)17-12-18-7-8-19(13-17)29(18)23(31)32-14-15-4-2-1-3-5-15/h1-6,9-10,17-19H,7-8,11-14H2. The molecule has 8 heteroatoms. The second kappa shape index (κ2) is 8.92. The maximum Gasteiger partial charge on any atom is 0.419 e. The molecule has 2 aliphatic rings. The highest BCUT2D eigenvalue weighted by Gasteiger charge is 2.45. The summed E-state index contributed by atoms with van der Waals surface area (Å²) in [5.74, 6) is -1.88. The van der Waals surface area contributed by atoms with E-state index in [2.05, 4.69) is 0 Å². The van der Waals surface area contributed by atoms with E-state index < -0.39 is 23.7 Å². The number of nitrogens with zero attached hydrogens (tertiary/aromatic N) is 1. The van der Waals surface area contributed by atoms with Crippen LogP contribution in [0.4, 0.5) is 22.4 Å². The third kappa shape index (κ3) is 4.79. The number of fused-ring (bicyclic) bond motifs is 2. The molecule has 32 heavy (non-hydrogen) atoms. The number of carbonyl (C=O) groups excluding carboxylic acids is 2. The van der Waals surface area contributed by atoms with Gasteiger partial charge >= 0.3 is 12.3 Å². The largest absolute Gasteiger partial charge is 0.445 e. The quantitative estimate of drug-likeness (QED) is 0.564. The Morgan fingerprint density at radius 2 is 1.62 bits per heavy atom. The van der Waals surface area contributed by atoms with Crippen LogP contribution in [0.2, 0.25) is 0 Å². The van der Waals surface area contributed by atoms with E-state index in [-0.39, 0.29) is 42.4 Å². The molecule has 2 aliphatic heterocycles. The van der Waals surface area contributed by atoms with Crippen LogP contribution in [0.15, 0.2) is 48.5 Å². The number of ketones is 1. The molecule has 0 N–H and O–H groups in total. The van der Waals surface area contributed by atoms with Gasteiger partial charge in [0.2, 0.25) is 0 Å². The molecule has 2 heterocycles. The van der Waals surface area contributed by atoms with Crippen LogP contribution in [-0.4, -0.2) is 28.9 Å². The minimum atomic E-state index is -4.81. The number of hydrogen-bond acceptors (Lipinski definition) is 3. The summed E-state index contributed by atoms with van der Waals surface area (Å²) in [5.41, 5.74) is -0.338. The lowest BCUT2D eigenvalue weighted by Crippen LogP contribution is -2.48. The summed E-state index contributed by atoms with van der Waals surface area (Å²) in [6.45, 7) is 0.171. The Bertz CT molecular complexity index is 978. The molecular weight excluding hydrogens is 426 g/mol. The van der Waals surface area contributed by atoms with Gasteiger partial charge in [-0.25, -0.2) is 9.18 Å². The number of hydrogen-bond donors (Lipinski definition) is 0. The number of carbonyl (C=O) groups is 2. The lowest BCUT2D eigenvalue weighted by atomic mass is 9.85. The number of benzene rings is 2. The van der Waals surface area contributed by atoms with Gasteiger partial charge in [0.15, 0.2) is 0 Å². The van der Waals surface area contributed by atoms with Crippen molar-refractivity contribution >= 4 is 11.9 Å². The minimum absolute atomic E-state index is 0.120. The van der Waals surface area contributed by atoms with Crippen LogP contribution in [0, 0.1) is 11.7 Å². The van der Waals surface area contributed by atoms with Crippen molar-refractivity contribution < 1.29 is 31.9 Å². The number of ether oxygens (including phenoxy) is 1. The van der Waals surface area contributed by atoms with Crippen LogP contribution in [-0.2, 0) is 28.7 Å². The van der Waals surface area contributed by atoms with E-state index in [1.807, 2.05) is 30.3 Å². The zero-order valence-corrected chi connectivity index (χ0v) is 17.3. The first kappa shape index (κ1) is 22.3. The normalized spacial score (nSPS) is 22.6. The number of piperidine rings is 1. The van der Waals surface area contributed by atoms with Crippen molar-refractivity contribution in [2.45, 2.75) is 57.0 Å². The van der Waals surface area contributed by atoms with Crippen LogP contribution in [0.25, 0.3) is 0 Å². The first-order chi connectivity index (χ1) is 15.2. The maximum absolute atomic E-state index is 13.5. The molecule has 1 amide bonds. The molecule has 0 aliphatic carbocycles. The Kier molecular flexibility index (Phi) is 6.22. The first-order valence-corrected chi connectivity index (χ1v) is 10.6. The molecule has 170 valence electrons. The minimum Gasteiger partial charge on any atom is -0.445 e. The van der Waals surface area contributed by atoms with E-state index in [0.29, 0.717) is 18.9 Å². The molecule has 0 aromatic heterocycles. The molecule has 2 aromatic rings. The molecule has 0 radical (unpaired) electrons. The van der Waals surface area contributed by atoms with Crippen molar-refractivity contribution in [1.82, 2.24) is 4.90 Å². The fraction of sp³-hybridized carbons (Fsp3) is 0.417. The molecule has 0 saturated carbocycles. The SMILES string of the molecule is O=C(Cc1ccc(F)c(C(F)(F)F)c1)C1CC2CCC(C1)N2C(=O)OCc1ccccc1. The van der Waals surface area contributed by atoms with E-state index in [9.17, 15) is 27.2 Å². The monoisotopic (exact) mass is 449 g/mol. The zero-order valence-electron chi connectivity index (χ0n) is 17.3. The summed E-state index contributed by atoms with van der Waals surface area (Å²) in [6.07, 6.45) is -2.94. The van der Waals surface area contributed by atoms with Crippen molar-refractivity contribution in [3.05, 3.63) is 71.0 Å². The van der Waals surface area contributed by atoms with Crippen molar-refractivity contribution in [1.29, 1.82) is 0 Å². The lowest BCUT2D eigenvalue weighted by molar-refractivity contribution is -0.140. The molecule has 2 aromatic carbocycles. The molecule has 2 unspecified atom stereocenters. The average molecular weight is 449 g/mol. The summed E-state index contributed by atoms with van der Waals surface area (Å²) < 4.78 is 57.8. The Hall–Kier alpha value is -2.90. The number of Topliss-reactive ketones (excluding diaryl/α,β-unsaturated/α-hetero) is 1. The summed E-state index contributed by atoms with van der Waals surface area (Å²) in [5, 5.41) is 0. The van der Waals surface area contributed by atoms with Gasteiger partial charge in [0.1, 0.15) is 18.2 Å². The Morgan fingerprint density at radius 3 is 2.25 bits per heavy atom. The summed E-state index contributed by atoms with van der Waals surface area (Å²) in [7, 11) is 0. The van der Waals surface area contributed by atoms with Crippen LogP contribution in [0.3, 0.4) is 0 Å². The fourth-order valence-electron chi connectivity index (χ4n) is 4.78. The van der Waals surface area contributed by atoms with E-state index in [4.69, 9.17) is 4.74 Å². The summed E-state index contributed by atoms with van der Waals surface area (Å²) in [6, 6.07) is 11.8. The number of amides is 1. The maximum atomic E-state index is 13.5. The Morgan fingerprint density at radius 1 is 0.969 bits per heavy atom. The molecule has 2 saturated heterocycles. The first-order valence-electron chi connectivity index (χ1n) is 10.6. The predicted molar refractivity (Wildman–Crippen MR) is 108 cm³/mol. The average Bonchev–Trinajstić information content (AvgIpc) is 3.02. The molecule has 4 nitrogen and oxygen atoms in total. The smallest absolute Gasteiger partial charge is 0.419 e. The highest BCUT2D eigenvalue weighted by Crippen LogP contribution is 2.40. The fourth-order valence-corrected chi connectivity index (χ4v) is 4.78. The van der Waals surface area contributed by atoms with Crippen LogP contribution >= 0.6 is 0 Å². The van der Waals surface area contributed by atoms with E-state index in [1.54, 1.807) is 4.90 Å². The van der Waals surface area contributed by atoms with Gasteiger partial charge in [-0.15, -0.1) is 0 Å². The van der Waals surface area contributed by atoms with Gasteiger partial charge in [-0.3, -0.25) is 4.79 Å². The van der Waals surface area contributed by atoms with Crippen molar-refractivity contribution in [2.75, 3.05) is 0 Å². The van der Waals surface area contributed by atoms with Crippen molar-refractivity contribution in [3.8, 4) is 0 Å². The second-order valence-electron chi connectivity index (χ2n) is 8.46. The third-order valence-electron chi connectivity index (χ3n) is 6.32. The third-order valence-corrected chi connectivity index (χ3v) is 6.32. The van der Waals surface area contributed by atoms with E-state index in [0.717, 1.165) is 24.5 Å². The van der Waals surface area contributed by atoms with Gasteiger partial charge in [0, 0.05) is 24.4 Å². The van der Waals surface area contributed by atoms with Gasteiger partial charge in [0.25, 0.3) is 0 Å². The van der Waals surface area contributed by atoms with Crippen LogP contribution < -0.4 is 0 Å². The molecule has 2 bridgehead atoms. The van der Waals surface area contributed by atoms with Gasteiger partial charge in [-0.2, -0.15) is 13.2 Å². The van der Waals surface area contributed by atoms with Gasteiger partial charge in [-0.1, -0.05) is 36.4 Å². The predicted octanol–water partition coefficient (Wildman–Crippen LogP) is 5.54. The van der Waals surface area contributed by atoms with Crippen LogP contribution in [0.5, 0.6) is 0 Å². The van der Waals surface area contributed by atoms with E-state index >= 15 is 0 Å². The Labute approximate surface area is 183 Å². The van der Waals surface area contributed by atoms with Gasteiger partial charge < -0.3 is 9.64 Å². The molecule has 2 fully saturated rings. The van der Waals surface area contributed by atoms with Gasteiger partial charge in [-0.05, 0) is 48.9 Å². The number of alkyl halides is 3. The summed E-state index contributed by atoms with van der Waals surface area (Å²) >= 11 is 0. The number of rotatable bonds is 5. The molecule has 2 atom stereocenters. The highest BCUT2D eigenvalue weighted by atomic mass is 19.4. The molecule has 0 spiro atoms. The highest BCUT2D eigenvalue weighted by molar-refractivity contribution is 5.84. The van der Waals surface area contributed by atoms with Gasteiger partial charge in [0.05, 0.1) is 5.56 Å².